The van der Waals surface area contributed by atoms with Crippen molar-refractivity contribution in [2.75, 3.05) is 0 Å². The summed E-state index contributed by atoms with van der Waals surface area (Å²) >= 11 is 0. The Hall–Kier alpha value is -1.63. The average Bonchev–Trinajstić information content (AvgIpc) is 2.03. The summed E-state index contributed by atoms with van der Waals surface area (Å²) in [4.78, 5) is 0. The van der Waals surface area contributed by atoms with Crippen LogP contribution in [0.5, 0.6) is 5.75 Å². The van der Waals surface area contributed by atoms with Gasteiger partial charge >= 0.3 is 6.36 Å². The van der Waals surface area contributed by atoms with Gasteiger partial charge in [0.05, 0.1) is 0 Å². The van der Waals surface area contributed by atoms with Crippen LogP contribution in [0.2, 0.25) is 0 Å². The molecular weight excluding hydrogens is 181 g/mol. The molecule has 0 spiro atoms. The summed E-state index contributed by atoms with van der Waals surface area (Å²) in [6.45, 7) is 0. The fraction of sp³-hybridized carbons (Fsp3) is 0.111. The van der Waals surface area contributed by atoms with Gasteiger partial charge in [-0.3, -0.25) is 0 Å². The van der Waals surface area contributed by atoms with E-state index in [9.17, 15) is 13.2 Å². The molecular formula is C9H5F3O. The number of halogens is 3. The quantitative estimate of drug-likeness (QED) is 0.612. The molecule has 68 valence electrons. The first-order valence-corrected chi connectivity index (χ1v) is 3.34. The molecule has 0 aliphatic heterocycles. The second kappa shape index (κ2) is 3.40. The Labute approximate surface area is 73.1 Å². The van der Waals surface area contributed by atoms with Crippen molar-refractivity contribution in [1.82, 2.24) is 0 Å². The Morgan fingerprint density at radius 2 is 1.69 bits per heavy atom. The highest BCUT2D eigenvalue weighted by Gasteiger charge is 2.30. The number of alkyl halides is 3. The van der Waals surface area contributed by atoms with Gasteiger partial charge in [0.2, 0.25) is 0 Å². The van der Waals surface area contributed by atoms with Crippen LogP contribution >= 0.6 is 0 Å². The molecule has 1 aromatic rings. The lowest BCUT2D eigenvalue weighted by Crippen LogP contribution is -2.16. The van der Waals surface area contributed by atoms with Crippen LogP contribution in [0, 0.1) is 12.3 Å². The molecule has 0 atom stereocenters. The van der Waals surface area contributed by atoms with E-state index in [-0.39, 0.29) is 5.75 Å². The predicted octanol–water partition coefficient (Wildman–Crippen LogP) is 2.57. The van der Waals surface area contributed by atoms with Crippen molar-refractivity contribution in [2.45, 2.75) is 6.36 Å². The number of benzene rings is 1. The van der Waals surface area contributed by atoms with Gasteiger partial charge in [0.1, 0.15) is 5.75 Å². The maximum atomic E-state index is 11.7. The minimum atomic E-state index is -4.66. The third-order valence-corrected chi connectivity index (χ3v) is 1.25. The first-order chi connectivity index (χ1) is 6.01. The normalized spacial score (nSPS) is 10.6. The molecule has 0 amide bonds. The topological polar surface area (TPSA) is 9.23 Å². The smallest absolute Gasteiger partial charge is 0.406 e. The van der Waals surface area contributed by atoms with Crippen LogP contribution in [0.4, 0.5) is 13.2 Å². The van der Waals surface area contributed by atoms with E-state index in [1.807, 2.05) is 0 Å². The number of terminal acetylenes is 1. The molecule has 0 saturated carbocycles. The van der Waals surface area contributed by atoms with Gasteiger partial charge in [-0.15, -0.1) is 19.6 Å². The molecule has 1 aromatic carbocycles. The SMILES string of the molecule is C#Cc1ccc(OC(F)(F)F)cc1. The Bertz CT molecular complexity index is 318. The molecule has 0 bridgehead atoms. The van der Waals surface area contributed by atoms with Crippen molar-refractivity contribution in [3.05, 3.63) is 29.8 Å². The fourth-order valence-corrected chi connectivity index (χ4v) is 0.753. The van der Waals surface area contributed by atoms with Gasteiger partial charge in [0.15, 0.2) is 0 Å². The molecule has 0 saturated heterocycles. The highest BCUT2D eigenvalue weighted by Crippen LogP contribution is 2.22. The largest absolute Gasteiger partial charge is 0.573 e. The summed E-state index contributed by atoms with van der Waals surface area (Å²) < 4.78 is 38.6. The van der Waals surface area contributed by atoms with Crippen LogP contribution < -0.4 is 4.74 Å². The van der Waals surface area contributed by atoms with Gasteiger partial charge in [0.25, 0.3) is 0 Å². The minimum Gasteiger partial charge on any atom is -0.406 e. The number of rotatable bonds is 1. The van der Waals surface area contributed by atoms with Crippen molar-refractivity contribution in [2.24, 2.45) is 0 Å². The standard InChI is InChI=1S/C9H5F3O/c1-2-7-3-5-8(6-4-7)13-9(10,11)12/h1,3-6H. The number of ether oxygens (including phenoxy) is 1. The third kappa shape index (κ3) is 3.08. The summed E-state index contributed by atoms with van der Waals surface area (Å²) in [5, 5.41) is 0. The fourth-order valence-electron chi connectivity index (χ4n) is 0.753. The van der Waals surface area contributed by atoms with E-state index in [0.717, 1.165) is 0 Å². The lowest BCUT2D eigenvalue weighted by atomic mass is 10.2. The molecule has 0 fully saturated rings. The third-order valence-electron chi connectivity index (χ3n) is 1.25. The summed E-state index contributed by atoms with van der Waals surface area (Å²) in [6, 6.07) is 5.09. The summed E-state index contributed by atoms with van der Waals surface area (Å²) in [5.74, 6) is 2.01. The molecule has 1 nitrogen and oxygen atoms in total. The molecule has 0 heterocycles. The second-order valence-corrected chi connectivity index (χ2v) is 2.22. The van der Waals surface area contributed by atoms with Crippen LogP contribution in [0.15, 0.2) is 24.3 Å². The van der Waals surface area contributed by atoms with Crippen molar-refractivity contribution in [3.8, 4) is 18.1 Å². The average molecular weight is 186 g/mol. The monoisotopic (exact) mass is 186 g/mol. The van der Waals surface area contributed by atoms with Gasteiger partial charge < -0.3 is 4.74 Å². The molecule has 1 rings (SSSR count). The van der Waals surface area contributed by atoms with Crippen LogP contribution in [0.3, 0.4) is 0 Å². The summed E-state index contributed by atoms with van der Waals surface area (Å²) in [5.41, 5.74) is 0.509. The first kappa shape index (κ1) is 9.46. The lowest BCUT2D eigenvalue weighted by Gasteiger charge is -2.07. The van der Waals surface area contributed by atoms with E-state index in [2.05, 4.69) is 10.7 Å². The van der Waals surface area contributed by atoms with Crippen molar-refractivity contribution in [3.63, 3.8) is 0 Å². The van der Waals surface area contributed by atoms with Gasteiger partial charge in [-0.1, -0.05) is 5.92 Å². The molecule has 0 aliphatic carbocycles. The molecule has 0 radical (unpaired) electrons. The zero-order chi connectivity index (χ0) is 9.90. The molecule has 0 aromatic heterocycles. The van der Waals surface area contributed by atoms with Crippen LogP contribution in [0.25, 0.3) is 0 Å². The van der Waals surface area contributed by atoms with Gasteiger partial charge in [-0.05, 0) is 24.3 Å². The maximum Gasteiger partial charge on any atom is 0.573 e. The van der Waals surface area contributed by atoms with E-state index in [1.165, 1.54) is 24.3 Å². The number of hydrogen-bond acceptors (Lipinski definition) is 1. The Kier molecular flexibility index (Phi) is 2.47. The van der Waals surface area contributed by atoms with E-state index in [0.29, 0.717) is 5.56 Å². The number of hydrogen-bond donors (Lipinski definition) is 0. The van der Waals surface area contributed by atoms with Crippen molar-refractivity contribution >= 4 is 0 Å². The Balaban J connectivity index is 2.77. The molecule has 13 heavy (non-hydrogen) atoms. The zero-order valence-electron chi connectivity index (χ0n) is 6.43. The molecule has 0 N–H and O–H groups in total. The van der Waals surface area contributed by atoms with Crippen LogP contribution in [0.1, 0.15) is 5.56 Å². The van der Waals surface area contributed by atoms with E-state index < -0.39 is 6.36 Å². The molecule has 0 unspecified atom stereocenters. The molecule has 4 heteroatoms. The Morgan fingerprint density at radius 1 is 1.15 bits per heavy atom. The van der Waals surface area contributed by atoms with Crippen molar-refractivity contribution < 1.29 is 17.9 Å². The minimum absolute atomic E-state index is 0.272. The maximum absolute atomic E-state index is 11.7. The summed E-state index contributed by atoms with van der Waals surface area (Å²) in [7, 11) is 0. The zero-order valence-corrected chi connectivity index (χ0v) is 6.43. The highest BCUT2D eigenvalue weighted by atomic mass is 19.4. The lowest BCUT2D eigenvalue weighted by molar-refractivity contribution is -0.274. The molecule has 0 aliphatic rings. The Morgan fingerprint density at radius 3 is 2.08 bits per heavy atom. The van der Waals surface area contributed by atoms with Gasteiger partial charge in [-0.25, -0.2) is 0 Å². The highest BCUT2D eigenvalue weighted by molar-refractivity contribution is 5.36. The van der Waals surface area contributed by atoms with Crippen LogP contribution in [-0.2, 0) is 0 Å². The first-order valence-electron chi connectivity index (χ1n) is 3.34. The van der Waals surface area contributed by atoms with E-state index in [1.54, 1.807) is 0 Å². The van der Waals surface area contributed by atoms with E-state index in [4.69, 9.17) is 6.42 Å². The van der Waals surface area contributed by atoms with Gasteiger partial charge in [0, 0.05) is 5.56 Å². The van der Waals surface area contributed by atoms with E-state index >= 15 is 0 Å². The van der Waals surface area contributed by atoms with Crippen molar-refractivity contribution in [1.29, 1.82) is 0 Å². The summed E-state index contributed by atoms with van der Waals surface area (Å²) in [6.07, 6.45) is 0.359. The van der Waals surface area contributed by atoms with Gasteiger partial charge in [-0.2, -0.15) is 0 Å². The second-order valence-electron chi connectivity index (χ2n) is 2.22. The van der Waals surface area contributed by atoms with Crippen LogP contribution in [-0.4, -0.2) is 6.36 Å². The predicted molar refractivity (Wildman–Crippen MR) is 41.1 cm³/mol.